The molecule has 18 heteroatoms. The predicted molar refractivity (Wildman–Crippen MR) is 112 cm³/mol. The second kappa shape index (κ2) is 10.5. The molecule has 0 amide bonds. The normalized spacial score (nSPS) is 12.5. The van der Waals surface area contributed by atoms with Crippen LogP contribution in [0.4, 0.5) is 42.1 Å². The highest BCUT2D eigenvalue weighted by atomic mass is 79.9. The average molecular weight is 593 g/mol. The van der Waals surface area contributed by atoms with E-state index in [1.807, 2.05) is 0 Å². The molecule has 0 unspecified atom stereocenters. The highest BCUT2D eigenvalue weighted by molar-refractivity contribution is 9.10. The molecule has 0 bridgehead atoms. The Balaban J connectivity index is 2.40. The van der Waals surface area contributed by atoms with Gasteiger partial charge < -0.3 is 9.47 Å². The molecule has 10 nitrogen and oxygen atoms in total. The molecule has 0 aliphatic carbocycles. The van der Waals surface area contributed by atoms with E-state index in [9.17, 15) is 51.0 Å². The smallest absolute Gasteiger partial charge is 0.462 e. The summed E-state index contributed by atoms with van der Waals surface area (Å²) < 4.78 is 99.9. The Labute approximate surface area is 204 Å². The number of nitro benzene ring substituents is 2. The molecule has 0 fully saturated rings. The number of nitrogens with zero attached hydrogens (tertiary/aromatic N) is 3. The van der Waals surface area contributed by atoms with Crippen LogP contribution in [0.3, 0.4) is 0 Å². The molecule has 196 valence electrons. The zero-order valence-electron chi connectivity index (χ0n) is 17.5. The van der Waals surface area contributed by atoms with Crippen LogP contribution >= 0.6 is 15.9 Å². The van der Waals surface area contributed by atoms with E-state index in [1.54, 1.807) is 0 Å². The first-order valence-corrected chi connectivity index (χ1v) is 10.0. The van der Waals surface area contributed by atoms with E-state index >= 15 is 0 Å². The van der Waals surface area contributed by atoms with Gasteiger partial charge in [0.15, 0.2) is 11.5 Å². The van der Waals surface area contributed by atoms with Crippen LogP contribution in [0.5, 0.6) is 17.2 Å². The minimum Gasteiger partial charge on any atom is -0.490 e. The summed E-state index contributed by atoms with van der Waals surface area (Å²) in [6.45, 7) is 1.48. The van der Waals surface area contributed by atoms with Crippen molar-refractivity contribution in [2.24, 2.45) is 5.10 Å². The summed E-state index contributed by atoms with van der Waals surface area (Å²) >= 11 is 3.03. The second-order valence-electron chi connectivity index (χ2n) is 6.55. The molecule has 2 rings (SSSR count). The van der Waals surface area contributed by atoms with Crippen molar-refractivity contribution in [2.75, 3.05) is 6.61 Å². The van der Waals surface area contributed by atoms with Crippen molar-refractivity contribution in [1.82, 2.24) is 5.43 Å². The van der Waals surface area contributed by atoms with Crippen molar-refractivity contribution < 1.29 is 50.1 Å². The van der Waals surface area contributed by atoms with Crippen LogP contribution < -0.4 is 14.9 Å². The molecule has 0 heterocycles. The number of ether oxygens (including phenoxy) is 2. The largest absolute Gasteiger partial charge is 0.490 e. The van der Waals surface area contributed by atoms with Gasteiger partial charge in [-0.2, -0.15) is 35.8 Å². The van der Waals surface area contributed by atoms with Crippen LogP contribution in [0.2, 0.25) is 0 Å². The van der Waals surface area contributed by atoms with Gasteiger partial charge in [0.25, 0.3) is 5.69 Å². The van der Waals surface area contributed by atoms with Gasteiger partial charge in [0.2, 0.25) is 5.75 Å². The molecule has 36 heavy (non-hydrogen) atoms. The minimum absolute atomic E-state index is 0.0279. The number of non-ortho nitro benzene ring substituents is 1. The SMILES string of the molecule is CCOc1cc(/C=N\NC(F)(F)C(F)(F)C(F)(F)F)cc(Br)c1Oc1ccc([N+](=O)[O-])cc1[N+](=O)[O-]. The molecule has 0 aliphatic heterocycles. The molecule has 1 N–H and O–H groups in total. The van der Waals surface area contributed by atoms with Crippen LogP contribution in [0.1, 0.15) is 12.5 Å². The minimum atomic E-state index is -6.55. The maximum absolute atomic E-state index is 13.3. The first-order valence-electron chi connectivity index (χ1n) is 9.21. The van der Waals surface area contributed by atoms with Gasteiger partial charge in [0.05, 0.1) is 33.2 Å². The molecule has 0 spiro atoms. The van der Waals surface area contributed by atoms with Crippen molar-refractivity contribution in [3.63, 3.8) is 0 Å². The molecule has 0 aromatic heterocycles. The zero-order valence-corrected chi connectivity index (χ0v) is 19.1. The number of nitrogens with one attached hydrogen (secondary N) is 1. The number of hydrogen-bond donors (Lipinski definition) is 1. The van der Waals surface area contributed by atoms with Crippen LogP contribution in [0.25, 0.3) is 0 Å². The predicted octanol–water partition coefficient (Wildman–Crippen LogP) is 6.17. The van der Waals surface area contributed by atoms with Gasteiger partial charge in [-0.25, -0.2) is 5.43 Å². The van der Waals surface area contributed by atoms with E-state index in [1.165, 1.54) is 6.92 Å². The van der Waals surface area contributed by atoms with Gasteiger partial charge in [0, 0.05) is 6.07 Å². The van der Waals surface area contributed by atoms with Crippen molar-refractivity contribution in [3.8, 4) is 17.2 Å². The van der Waals surface area contributed by atoms with Gasteiger partial charge >= 0.3 is 23.8 Å². The summed E-state index contributed by atoms with van der Waals surface area (Å²) in [4.78, 5) is 20.4. The van der Waals surface area contributed by atoms with E-state index in [-0.39, 0.29) is 28.1 Å². The number of rotatable bonds is 10. The standard InChI is InChI=1S/C18H12BrF7N4O6/c1-2-35-14-6-9(8-27-28-18(25,26)16(20,21)17(22,23)24)5-11(19)15(14)36-13-4-3-10(29(31)32)7-12(13)30(33)34/h3-8,28H,2H2,1H3/b27-8-. The van der Waals surface area contributed by atoms with E-state index in [2.05, 4.69) is 21.0 Å². The number of benzene rings is 2. The number of alkyl halides is 7. The fourth-order valence-electron chi connectivity index (χ4n) is 2.42. The van der Waals surface area contributed by atoms with E-state index in [4.69, 9.17) is 9.47 Å². The Hall–Kier alpha value is -3.70. The van der Waals surface area contributed by atoms with Gasteiger partial charge in [-0.1, -0.05) is 0 Å². The maximum Gasteiger partial charge on any atom is 0.462 e. The Morgan fingerprint density at radius 1 is 1.03 bits per heavy atom. The van der Waals surface area contributed by atoms with Gasteiger partial charge in [-0.15, -0.1) is 0 Å². The van der Waals surface area contributed by atoms with E-state index in [0.717, 1.165) is 24.3 Å². The van der Waals surface area contributed by atoms with Crippen molar-refractivity contribution in [3.05, 3.63) is 60.6 Å². The monoisotopic (exact) mass is 592 g/mol. The Kier molecular flexibility index (Phi) is 8.33. The van der Waals surface area contributed by atoms with Crippen molar-refractivity contribution in [2.45, 2.75) is 25.1 Å². The molecule has 0 radical (unpaired) electrons. The summed E-state index contributed by atoms with van der Waals surface area (Å²) in [6, 6.07) is -1.13. The summed E-state index contributed by atoms with van der Waals surface area (Å²) in [5, 5.41) is 24.9. The van der Waals surface area contributed by atoms with Crippen LogP contribution in [-0.2, 0) is 0 Å². The van der Waals surface area contributed by atoms with Crippen LogP contribution in [0.15, 0.2) is 39.9 Å². The highest BCUT2D eigenvalue weighted by Gasteiger charge is 2.73. The fourth-order valence-corrected chi connectivity index (χ4v) is 2.96. The van der Waals surface area contributed by atoms with Crippen molar-refractivity contribution in [1.29, 1.82) is 0 Å². The lowest BCUT2D eigenvalue weighted by atomic mass is 10.2. The van der Waals surface area contributed by atoms with Crippen LogP contribution in [0, 0.1) is 20.2 Å². The first kappa shape index (κ1) is 28.5. The van der Waals surface area contributed by atoms with Gasteiger partial charge in [0.1, 0.15) is 0 Å². The quantitative estimate of drug-likeness (QED) is 0.115. The average Bonchev–Trinajstić information content (AvgIpc) is 2.75. The summed E-state index contributed by atoms with van der Waals surface area (Å²) in [5.41, 5.74) is -1.06. The van der Waals surface area contributed by atoms with Crippen molar-refractivity contribution >= 4 is 33.5 Å². The lowest BCUT2D eigenvalue weighted by Gasteiger charge is -2.27. The third-order valence-electron chi connectivity index (χ3n) is 4.06. The molecule has 0 atom stereocenters. The first-order chi connectivity index (χ1) is 16.5. The molecule has 0 saturated carbocycles. The molecule has 0 saturated heterocycles. The molecule has 0 aliphatic rings. The van der Waals surface area contributed by atoms with E-state index in [0.29, 0.717) is 17.7 Å². The lowest BCUT2D eigenvalue weighted by Crippen LogP contribution is -2.58. The topological polar surface area (TPSA) is 129 Å². The summed E-state index contributed by atoms with van der Waals surface area (Å²) in [7, 11) is 0. The zero-order chi connectivity index (χ0) is 27.5. The Morgan fingerprint density at radius 3 is 2.19 bits per heavy atom. The highest BCUT2D eigenvalue weighted by Crippen LogP contribution is 2.45. The van der Waals surface area contributed by atoms with Crippen LogP contribution in [-0.4, -0.2) is 40.8 Å². The van der Waals surface area contributed by atoms with Gasteiger partial charge in [-0.3, -0.25) is 20.2 Å². The third kappa shape index (κ3) is 6.10. The number of nitro groups is 2. The lowest BCUT2D eigenvalue weighted by molar-refractivity contribution is -0.394. The maximum atomic E-state index is 13.3. The molecular formula is C18H12BrF7N4O6. The number of hydrazone groups is 1. The molecule has 2 aromatic rings. The summed E-state index contributed by atoms with van der Waals surface area (Å²) in [6.07, 6.45) is -6.07. The summed E-state index contributed by atoms with van der Waals surface area (Å²) in [5.74, 6) is -7.27. The Morgan fingerprint density at radius 2 is 1.67 bits per heavy atom. The molecular weight excluding hydrogens is 581 g/mol. The molecule has 2 aromatic carbocycles. The van der Waals surface area contributed by atoms with E-state index < -0.39 is 45.1 Å². The third-order valence-corrected chi connectivity index (χ3v) is 4.65. The number of hydrogen-bond acceptors (Lipinski definition) is 8. The fraction of sp³-hybridized carbons (Fsp3) is 0.278. The van der Waals surface area contributed by atoms with Gasteiger partial charge in [-0.05, 0) is 46.6 Å². The second-order valence-corrected chi connectivity index (χ2v) is 7.40. The number of halogens is 8. The Bertz CT molecular complexity index is 1190.